The van der Waals surface area contributed by atoms with Crippen molar-refractivity contribution in [1.82, 2.24) is 35.5 Å². The zero-order valence-corrected chi connectivity index (χ0v) is 21.7. The van der Waals surface area contributed by atoms with Crippen molar-refractivity contribution in [3.63, 3.8) is 0 Å². The van der Waals surface area contributed by atoms with Gasteiger partial charge in [-0.05, 0) is 34.6 Å². The Kier molecular flexibility index (Phi) is 6.95. The van der Waals surface area contributed by atoms with E-state index in [4.69, 9.17) is 5.73 Å². The van der Waals surface area contributed by atoms with Crippen LogP contribution in [0.3, 0.4) is 0 Å². The van der Waals surface area contributed by atoms with E-state index in [1.54, 1.807) is 14.7 Å². The van der Waals surface area contributed by atoms with Gasteiger partial charge >= 0.3 is 12.2 Å². The minimum absolute atomic E-state index is 0.102. The van der Waals surface area contributed by atoms with Gasteiger partial charge in [0.25, 0.3) is 0 Å². The first kappa shape index (κ1) is 27.2. The minimum Gasteiger partial charge on any atom is -0.330 e. The number of hydrogen-bond donors (Lipinski definition) is 4. The lowest BCUT2D eigenvalue weighted by atomic mass is 9.96. The van der Waals surface area contributed by atoms with Gasteiger partial charge in [0.15, 0.2) is 17.4 Å². The fourth-order valence-electron chi connectivity index (χ4n) is 5.29. The van der Waals surface area contributed by atoms with Crippen LogP contribution in [0.25, 0.3) is 0 Å². The van der Waals surface area contributed by atoms with Crippen LogP contribution in [-0.2, 0) is 17.7 Å². The predicted molar refractivity (Wildman–Crippen MR) is 130 cm³/mol. The molecule has 2 amide bonds. The number of carbonyl (C=O) groups is 1. The van der Waals surface area contributed by atoms with Gasteiger partial charge in [0, 0.05) is 50.0 Å². The lowest BCUT2D eigenvalue weighted by molar-refractivity contribution is -0.140. The number of nitrogens with two attached hydrogens (primary N) is 1. The average molecular weight is 530 g/mol. The van der Waals surface area contributed by atoms with E-state index in [9.17, 15) is 18.0 Å². The second-order valence-electron chi connectivity index (χ2n) is 10.5. The van der Waals surface area contributed by atoms with Crippen LogP contribution in [-0.4, -0.2) is 81.3 Å². The van der Waals surface area contributed by atoms with Crippen LogP contribution in [0.2, 0.25) is 0 Å². The summed E-state index contributed by atoms with van der Waals surface area (Å²) in [5.41, 5.74) is 5.37. The molecule has 1 saturated heterocycles. The summed E-state index contributed by atoms with van der Waals surface area (Å²) >= 11 is 0. The summed E-state index contributed by atoms with van der Waals surface area (Å²) in [7, 11) is 0. The number of H-pyrrole nitrogens is 1. The Morgan fingerprint density at radius 1 is 1.27 bits per heavy atom. The standard InChI is InChI=1S/C23H35F4N9O/c1-6-29-19-30-9-16(24)23(28,31-19)18-15-12-36(21(4,5)17(15)32-33-18)20(37)35-11-13(2)34(10-14(35)3)8-7-22(25,26)27/h9,13-14H,6-8,10-12,28H2,1-5H3,(H,32,33)(H2,29,30,31)/t13-,14+,23?/m1/s1. The summed E-state index contributed by atoms with van der Waals surface area (Å²) < 4.78 is 53.3. The van der Waals surface area contributed by atoms with Gasteiger partial charge in [0.2, 0.25) is 0 Å². The molecular formula is C23H35F4N9O. The molecular weight excluding hydrogens is 494 g/mol. The van der Waals surface area contributed by atoms with Gasteiger partial charge in [-0.1, -0.05) is 0 Å². The maximum absolute atomic E-state index is 15.0. The molecule has 10 nitrogen and oxygen atoms in total. The number of piperazine rings is 1. The molecule has 0 saturated carbocycles. The minimum atomic E-state index is -4.23. The SMILES string of the molecule is CCN=C1NC=C(F)C(N)(c2n[nH]c3c2CN(C(=O)N2C[C@@H](C)N(CCC(F)(F)F)C[C@@H]2C)C3(C)C)N1. The zero-order valence-electron chi connectivity index (χ0n) is 21.7. The number of aromatic nitrogens is 2. The number of alkyl halides is 3. The fourth-order valence-corrected chi connectivity index (χ4v) is 5.29. The molecule has 0 bridgehead atoms. The Morgan fingerprint density at radius 2 is 1.97 bits per heavy atom. The molecule has 0 aliphatic carbocycles. The van der Waals surface area contributed by atoms with Crippen LogP contribution in [0, 0.1) is 0 Å². The van der Waals surface area contributed by atoms with Crippen molar-refractivity contribution in [3.05, 3.63) is 29.0 Å². The van der Waals surface area contributed by atoms with Crippen LogP contribution < -0.4 is 16.4 Å². The molecule has 37 heavy (non-hydrogen) atoms. The first-order valence-electron chi connectivity index (χ1n) is 12.4. The Morgan fingerprint density at radius 3 is 2.62 bits per heavy atom. The summed E-state index contributed by atoms with van der Waals surface area (Å²) in [5.74, 6) is -0.378. The number of aliphatic imine (C=N–C) groups is 1. The van der Waals surface area contributed by atoms with Crippen LogP contribution in [0.4, 0.5) is 22.4 Å². The van der Waals surface area contributed by atoms with E-state index < -0.39 is 29.6 Å². The lowest BCUT2D eigenvalue weighted by Crippen LogP contribution is -2.61. The number of hydrogen-bond acceptors (Lipinski definition) is 5. The van der Waals surface area contributed by atoms with E-state index in [0.717, 1.165) is 6.20 Å². The molecule has 1 fully saturated rings. The smallest absolute Gasteiger partial charge is 0.330 e. The Hall–Kier alpha value is -2.87. The third kappa shape index (κ3) is 4.88. The number of nitrogens with one attached hydrogen (secondary N) is 3. The van der Waals surface area contributed by atoms with E-state index >= 15 is 4.39 Å². The van der Waals surface area contributed by atoms with Crippen molar-refractivity contribution in [1.29, 1.82) is 0 Å². The fraction of sp³-hybridized carbons (Fsp3) is 0.696. The maximum Gasteiger partial charge on any atom is 0.390 e. The van der Waals surface area contributed by atoms with Gasteiger partial charge in [0.05, 0.1) is 24.2 Å². The van der Waals surface area contributed by atoms with E-state index in [0.29, 0.717) is 36.9 Å². The van der Waals surface area contributed by atoms with Crippen molar-refractivity contribution in [3.8, 4) is 0 Å². The van der Waals surface area contributed by atoms with Gasteiger partial charge in [-0.25, -0.2) is 9.18 Å². The summed E-state index contributed by atoms with van der Waals surface area (Å²) in [5, 5.41) is 12.9. The zero-order chi connectivity index (χ0) is 27.3. The van der Waals surface area contributed by atoms with Crippen LogP contribution >= 0.6 is 0 Å². The quantitative estimate of drug-likeness (QED) is 0.445. The van der Waals surface area contributed by atoms with Crippen LogP contribution in [0.15, 0.2) is 17.0 Å². The molecule has 1 unspecified atom stereocenters. The Balaban J connectivity index is 1.55. The number of guanidine groups is 1. The van der Waals surface area contributed by atoms with Gasteiger partial charge in [0.1, 0.15) is 5.69 Å². The normalized spacial score (nSPS) is 29.1. The highest BCUT2D eigenvalue weighted by molar-refractivity contribution is 5.83. The Bertz CT molecular complexity index is 1100. The molecule has 206 valence electrons. The highest BCUT2D eigenvalue weighted by Gasteiger charge is 2.50. The first-order chi connectivity index (χ1) is 17.2. The monoisotopic (exact) mass is 529 g/mol. The number of rotatable bonds is 4. The Labute approximate surface area is 213 Å². The molecule has 4 heterocycles. The molecule has 5 N–H and O–H groups in total. The number of nitrogens with zero attached hydrogens (tertiary/aromatic N) is 5. The van der Waals surface area contributed by atoms with Gasteiger partial charge < -0.3 is 20.4 Å². The molecule has 3 atom stereocenters. The number of amides is 2. The molecule has 14 heteroatoms. The molecule has 1 aromatic rings. The third-order valence-corrected chi connectivity index (χ3v) is 7.46. The number of carbonyl (C=O) groups excluding carboxylic acids is 1. The molecule has 3 aliphatic rings. The molecule has 4 rings (SSSR count). The molecule has 3 aliphatic heterocycles. The lowest BCUT2D eigenvalue weighted by Gasteiger charge is -2.47. The highest BCUT2D eigenvalue weighted by Crippen LogP contribution is 2.43. The largest absolute Gasteiger partial charge is 0.390 e. The summed E-state index contributed by atoms with van der Waals surface area (Å²) in [6.07, 6.45) is -3.98. The molecule has 0 spiro atoms. The number of halogens is 4. The first-order valence-corrected chi connectivity index (χ1v) is 12.4. The van der Waals surface area contributed by atoms with Crippen molar-refractivity contribution < 1.29 is 22.4 Å². The number of fused-ring (bicyclic) bond motifs is 1. The molecule has 0 radical (unpaired) electrons. The second-order valence-corrected chi connectivity index (χ2v) is 10.5. The highest BCUT2D eigenvalue weighted by atomic mass is 19.4. The van der Waals surface area contributed by atoms with Crippen molar-refractivity contribution in [2.45, 2.75) is 77.0 Å². The third-order valence-electron chi connectivity index (χ3n) is 7.46. The van der Waals surface area contributed by atoms with E-state index in [1.807, 2.05) is 34.6 Å². The van der Waals surface area contributed by atoms with Gasteiger partial charge in [-0.2, -0.15) is 18.3 Å². The van der Waals surface area contributed by atoms with E-state index in [1.165, 1.54) is 0 Å². The number of aromatic amines is 1. The van der Waals surface area contributed by atoms with Gasteiger partial charge in [-0.3, -0.25) is 20.7 Å². The second kappa shape index (κ2) is 9.46. The summed E-state index contributed by atoms with van der Waals surface area (Å²) in [6, 6.07) is -0.765. The van der Waals surface area contributed by atoms with Gasteiger partial charge in [-0.15, -0.1) is 0 Å². The summed E-state index contributed by atoms with van der Waals surface area (Å²) in [4.78, 5) is 23.2. The molecule has 1 aromatic heterocycles. The topological polar surface area (TPSA) is 118 Å². The maximum atomic E-state index is 15.0. The van der Waals surface area contributed by atoms with Crippen molar-refractivity contribution in [2.75, 3.05) is 26.2 Å². The van der Waals surface area contributed by atoms with E-state index in [2.05, 4.69) is 25.8 Å². The van der Waals surface area contributed by atoms with Crippen LogP contribution in [0.5, 0.6) is 0 Å². The number of urea groups is 1. The predicted octanol–water partition coefficient (Wildman–Crippen LogP) is 2.42. The molecule has 0 aromatic carbocycles. The van der Waals surface area contributed by atoms with Crippen molar-refractivity contribution in [2.24, 2.45) is 10.7 Å². The average Bonchev–Trinajstić information content (AvgIpc) is 3.34. The van der Waals surface area contributed by atoms with Crippen molar-refractivity contribution >= 4 is 12.0 Å². The van der Waals surface area contributed by atoms with E-state index in [-0.39, 0.29) is 36.9 Å². The summed E-state index contributed by atoms with van der Waals surface area (Å²) in [6.45, 7) is 10.4. The van der Waals surface area contributed by atoms with Crippen LogP contribution in [0.1, 0.15) is 58.0 Å².